The van der Waals surface area contributed by atoms with Crippen molar-refractivity contribution in [3.05, 3.63) is 29.8 Å². The summed E-state index contributed by atoms with van der Waals surface area (Å²) >= 11 is 1.38. The number of hydrogen-bond acceptors (Lipinski definition) is 15. The van der Waals surface area contributed by atoms with Gasteiger partial charge in [-0.25, -0.2) is 0 Å². The fraction of sp³-hybridized carbons (Fsp3) is 0.625. The van der Waals surface area contributed by atoms with Gasteiger partial charge in [-0.05, 0) is 80.1 Å². The molecule has 0 heterocycles. The summed E-state index contributed by atoms with van der Waals surface area (Å²) in [6.45, 7) is 11.5. The minimum Gasteiger partial charge on any atom is -0.508 e. The van der Waals surface area contributed by atoms with Gasteiger partial charge in [0.2, 0.25) is 59.1 Å². The highest BCUT2D eigenvalue weighted by atomic mass is 32.2. The molecule has 27 nitrogen and oxygen atoms in total. The number of phenols is 1. The van der Waals surface area contributed by atoms with Crippen LogP contribution < -0.4 is 71.2 Å². The standard InChI is InChI=1S/C48H80N14O13S/c1-9-25(6)38(46(73)60-34(22-36(51)65)43(70)59-33(21-35(50)64)41(68)55-26(7)47(74)75)62-45(72)37(24(4)5)61-44(71)32(20-27-12-14-28(63)15-13-27)58-40(67)30(16-18-76-8)56-42(69)31(19-23(2)3)57-39(66)29(49)11-10-17-54-48(52)53/h12-15,23-26,29-34,37-38,63H,9-11,16-22,49H2,1-8H3,(H2,50,64)(H2,51,65)(H,55,68)(H,56,69)(H,57,66)(H,58,67)(H,59,70)(H,60,73)(H,61,71)(H,62,72)(H,74,75)(H4,52,53,54)/t25-,26-,29-,30-,31-,32-,33-,34-,37-,38-/m0/s1. The van der Waals surface area contributed by atoms with E-state index in [-0.39, 0.29) is 56.3 Å². The van der Waals surface area contributed by atoms with Gasteiger partial charge in [-0.2, -0.15) is 11.8 Å². The smallest absolute Gasteiger partial charge is 0.325 e. The van der Waals surface area contributed by atoms with Gasteiger partial charge in [-0.1, -0.05) is 60.1 Å². The zero-order valence-corrected chi connectivity index (χ0v) is 45.3. The third-order valence-corrected chi connectivity index (χ3v) is 12.4. The van der Waals surface area contributed by atoms with Crippen LogP contribution in [0.25, 0.3) is 0 Å². The number of nitrogens with one attached hydrogen (secondary N) is 8. The molecule has 1 aromatic rings. The summed E-state index contributed by atoms with van der Waals surface area (Å²) in [5.41, 5.74) is 28.0. The first-order valence-electron chi connectivity index (χ1n) is 24.8. The summed E-state index contributed by atoms with van der Waals surface area (Å²) in [5.74, 6) is -11.9. The first-order valence-corrected chi connectivity index (χ1v) is 26.2. The van der Waals surface area contributed by atoms with Crippen molar-refractivity contribution in [1.29, 1.82) is 0 Å². The second kappa shape index (κ2) is 33.6. The summed E-state index contributed by atoms with van der Waals surface area (Å²) in [7, 11) is 0. The number of carbonyl (C=O) groups is 11. The molecule has 0 aromatic heterocycles. The average molecular weight is 1090 g/mol. The highest BCUT2D eigenvalue weighted by Crippen LogP contribution is 2.15. The van der Waals surface area contributed by atoms with Gasteiger partial charge >= 0.3 is 5.97 Å². The number of amides is 10. The second-order valence-electron chi connectivity index (χ2n) is 19.2. The van der Waals surface area contributed by atoms with E-state index in [4.69, 9.17) is 28.7 Å². The number of carbonyl (C=O) groups excluding carboxylic acids is 10. The van der Waals surface area contributed by atoms with E-state index in [1.54, 1.807) is 34.0 Å². The van der Waals surface area contributed by atoms with E-state index in [1.165, 1.54) is 36.0 Å². The van der Waals surface area contributed by atoms with E-state index in [2.05, 4.69) is 47.5 Å². The number of aliphatic carboxylic acids is 1. The first kappa shape index (κ1) is 66.8. The number of primary amides is 2. The Bertz CT molecular complexity index is 2200. The quantitative estimate of drug-likeness (QED) is 0.0179. The molecule has 0 unspecified atom stereocenters. The normalized spacial score (nSPS) is 15.0. The lowest BCUT2D eigenvalue weighted by molar-refractivity contribution is -0.142. The first-order chi connectivity index (χ1) is 35.5. The lowest BCUT2D eigenvalue weighted by atomic mass is 9.95. The molecule has 0 fully saturated rings. The number of aromatic hydroxyl groups is 1. The summed E-state index contributed by atoms with van der Waals surface area (Å²) in [6, 6.07) is -6.81. The van der Waals surface area contributed by atoms with Crippen molar-refractivity contribution in [2.75, 3.05) is 18.6 Å². The maximum atomic E-state index is 14.4. The molecule has 0 radical (unpaired) electrons. The van der Waals surface area contributed by atoms with Crippen LogP contribution in [-0.4, -0.2) is 154 Å². The summed E-state index contributed by atoms with van der Waals surface area (Å²) in [4.78, 5) is 150. The number of phenolic OH excluding ortho intramolecular Hbond substituents is 1. The number of nitrogens with zero attached hydrogens (tertiary/aromatic N) is 1. The Balaban J connectivity index is 3.54. The van der Waals surface area contributed by atoms with Crippen molar-refractivity contribution in [2.45, 2.75) is 154 Å². The Morgan fingerprint density at radius 2 is 1.05 bits per heavy atom. The van der Waals surface area contributed by atoms with Crippen molar-refractivity contribution in [2.24, 2.45) is 51.4 Å². The number of guanidine groups is 1. The predicted molar refractivity (Wildman–Crippen MR) is 283 cm³/mol. The molecule has 0 saturated heterocycles. The maximum Gasteiger partial charge on any atom is 0.325 e. The van der Waals surface area contributed by atoms with Crippen LogP contribution in [0.3, 0.4) is 0 Å². The zero-order chi connectivity index (χ0) is 58.0. The summed E-state index contributed by atoms with van der Waals surface area (Å²) < 4.78 is 0. The van der Waals surface area contributed by atoms with E-state index in [9.17, 15) is 63.0 Å². The van der Waals surface area contributed by atoms with Crippen LogP contribution in [0.4, 0.5) is 0 Å². The predicted octanol–water partition coefficient (Wildman–Crippen LogP) is -3.45. The fourth-order valence-corrected chi connectivity index (χ4v) is 7.69. The molecule has 0 spiro atoms. The Morgan fingerprint density at radius 1 is 0.592 bits per heavy atom. The van der Waals surface area contributed by atoms with Crippen LogP contribution in [-0.2, 0) is 59.2 Å². The Labute approximate surface area is 446 Å². The molecule has 426 valence electrons. The molecule has 0 bridgehead atoms. The van der Waals surface area contributed by atoms with Crippen LogP contribution in [0.5, 0.6) is 5.75 Å². The second-order valence-corrected chi connectivity index (χ2v) is 20.1. The molecule has 10 atom stereocenters. The van der Waals surface area contributed by atoms with Crippen molar-refractivity contribution in [1.82, 2.24) is 42.5 Å². The molecule has 1 rings (SSSR count). The summed E-state index contributed by atoms with van der Waals surface area (Å²) in [6.07, 6.45) is 1.11. The number of carboxylic acid groups (broad SMARTS) is 1. The van der Waals surface area contributed by atoms with E-state index in [0.29, 0.717) is 17.7 Å². The molecule has 10 amide bonds. The minimum atomic E-state index is -1.79. The van der Waals surface area contributed by atoms with Gasteiger partial charge in [0.1, 0.15) is 54.1 Å². The van der Waals surface area contributed by atoms with Crippen molar-refractivity contribution in [3.63, 3.8) is 0 Å². The molecular weight excluding hydrogens is 1010 g/mol. The highest BCUT2D eigenvalue weighted by Gasteiger charge is 2.37. The minimum absolute atomic E-state index is 0.0797. The monoisotopic (exact) mass is 1090 g/mol. The molecule has 0 aliphatic heterocycles. The molecule has 0 aliphatic rings. The number of rotatable bonds is 35. The van der Waals surface area contributed by atoms with Gasteiger partial charge < -0.3 is 81.4 Å². The summed E-state index contributed by atoms with van der Waals surface area (Å²) in [5, 5.41) is 39.3. The SMILES string of the molecule is CC[C@H](C)[C@H](NC(=O)[C@@H](NC(=O)[C@H](Cc1ccc(O)cc1)NC(=O)[C@H](CCSC)NC(=O)[C@H](CC(C)C)NC(=O)[C@@H](N)CCCN=C(N)N)C(C)C)C(=O)N[C@@H](CC(N)=O)C(=O)N[C@@H](CC(N)=O)C(=O)N[C@@H](C)C(=O)O. The number of nitrogens with two attached hydrogens (primary N) is 5. The molecule has 0 saturated carbocycles. The Kier molecular flexibility index (Phi) is 29.6. The van der Waals surface area contributed by atoms with Gasteiger partial charge in [0.15, 0.2) is 5.96 Å². The van der Waals surface area contributed by atoms with Gasteiger partial charge in [-0.15, -0.1) is 0 Å². The van der Waals surface area contributed by atoms with Crippen molar-refractivity contribution in [3.8, 4) is 5.75 Å². The number of benzene rings is 1. The van der Waals surface area contributed by atoms with Crippen LogP contribution in [0.15, 0.2) is 29.3 Å². The largest absolute Gasteiger partial charge is 0.508 e. The maximum absolute atomic E-state index is 14.4. The third kappa shape index (κ3) is 24.9. The molecular formula is C48H80N14O13S. The lowest BCUT2D eigenvalue weighted by Gasteiger charge is -2.30. The van der Waals surface area contributed by atoms with E-state index in [1.807, 2.05) is 13.8 Å². The molecule has 20 N–H and O–H groups in total. The third-order valence-electron chi connectivity index (χ3n) is 11.7. The zero-order valence-electron chi connectivity index (χ0n) is 44.4. The van der Waals surface area contributed by atoms with Gasteiger partial charge in [0.25, 0.3) is 0 Å². The molecule has 0 aliphatic carbocycles. The van der Waals surface area contributed by atoms with E-state index in [0.717, 1.165) is 6.92 Å². The van der Waals surface area contributed by atoms with Crippen LogP contribution in [0.1, 0.15) is 99.0 Å². The number of thioether (sulfide) groups is 1. The van der Waals surface area contributed by atoms with Gasteiger partial charge in [0.05, 0.1) is 18.9 Å². The topological polar surface area (TPSA) is 467 Å². The number of carboxylic acids is 1. The number of aliphatic imine (C=N–C) groups is 1. The van der Waals surface area contributed by atoms with Gasteiger partial charge in [0, 0.05) is 13.0 Å². The van der Waals surface area contributed by atoms with Gasteiger partial charge in [-0.3, -0.25) is 57.7 Å². The van der Waals surface area contributed by atoms with E-state index < -0.39 is 144 Å². The number of hydrogen-bond donors (Lipinski definition) is 15. The van der Waals surface area contributed by atoms with Crippen molar-refractivity contribution >= 4 is 82.8 Å². The highest BCUT2D eigenvalue weighted by molar-refractivity contribution is 7.98. The molecule has 1 aromatic carbocycles. The van der Waals surface area contributed by atoms with Crippen LogP contribution in [0.2, 0.25) is 0 Å². The van der Waals surface area contributed by atoms with Crippen LogP contribution >= 0.6 is 11.8 Å². The fourth-order valence-electron chi connectivity index (χ4n) is 7.22. The molecule has 28 heteroatoms. The van der Waals surface area contributed by atoms with Crippen LogP contribution in [0, 0.1) is 17.8 Å². The molecule has 76 heavy (non-hydrogen) atoms. The Hall–Kier alpha value is -7.23. The lowest BCUT2D eigenvalue weighted by Crippen LogP contribution is -2.62. The Morgan fingerprint density at radius 3 is 1.55 bits per heavy atom. The average Bonchev–Trinajstić information content (AvgIpc) is 3.33. The van der Waals surface area contributed by atoms with E-state index >= 15 is 0 Å². The van der Waals surface area contributed by atoms with Crippen molar-refractivity contribution < 1.29 is 63.0 Å².